The van der Waals surface area contributed by atoms with Crippen LogP contribution in [-0.2, 0) is 14.3 Å². The highest BCUT2D eigenvalue weighted by atomic mass is 16.5. The maximum atomic E-state index is 13.2. The molecule has 37 heavy (non-hydrogen) atoms. The van der Waals surface area contributed by atoms with Crippen LogP contribution in [0.1, 0.15) is 17.2 Å². The number of morpholine rings is 1. The SMILES string of the molecule is Nc1ccccc1NC(=O)C=Cc1ccc(C(NCCN2CCOCC2)C(=O)Nc2ccccc2)cc1. The lowest BCUT2D eigenvalue weighted by Crippen LogP contribution is -2.42. The molecule has 0 spiro atoms. The van der Waals surface area contributed by atoms with Crippen LogP contribution in [0.5, 0.6) is 0 Å². The van der Waals surface area contributed by atoms with Crippen molar-refractivity contribution in [1.29, 1.82) is 0 Å². The fourth-order valence-electron chi connectivity index (χ4n) is 4.05. The third-order valence-corrected chi connectivity index (χ3v) is 6.10. The van der Waals surface area contributed by atoms with E-state index in [1.165, 1.54) is 6.08 Å². The van der Waals surface area contributed by atoms with Gasteiger partial charge in [-0.15, -0.1) is 0 Å². The second kappa shape index (κ2) is 13.4. The van der Waals surface area contributed by atoms with Crippen molar-refractivity contribution in [2.75, 3.05) is 55.8 Å². The first-order valence-corrected chi connectivity index (χ1v) is 12.4. The lowest BCUT2D eigenvalue weighted by Gasteiger charge is -2.27. The summed E-state index contributed by atoms with van der Waals surface area (Å²) < 4.78 is 5.42. The van der Waals surface area contributed by atoms with Gasteiger partial charge >= 0.3 is 0 Å². The summed E-state index contributed by atoms with van der Waals surface area (Å²) in [5.41, 5.74) is 9.40. The molecule has 1 fully saturated rings. The molecule has 0 aromatic heterocycles. The highest BCUT2D eigenvalue weighted by Gasteiger charge is 2.21. The summed E-state index contributed by atoms with van der Waals surface area (Å²) in [5.74, 6) is -0.400. The van der Waals surface area contributed by atoms with Gasteiger partial charge in [-0.1, -0.05) is 54.6 Å². The Hall–Kier alpha value is -3.98. The van der Waals surface area contributed by atoms with Crippen LogP contribution in [0.25, 0.3) is 6.08 Å². The number of ether oxygens (including phenoxy) is 1. The number of nitrogens with two attached hydrogens (primary N) is 1. The highest BCUT2D eigenvalue weighted by molar-refractivity contribution is 6.03. The summed E-state index contributed by atoms with van der Waals surface area (Å²) in [6.07, 6.45) is 3.19. The van der Waals surface area contributed by atoms with Crippen molar-refractivity contribution in [3.05, 3.63) is 96.1 Å². The number of amides is 2. The molecule has 3 aromatic rings. The molecule has 2 amide bonds. The average Bonchev–Trinajstić information content (AvgIpc) is 2.93. The number of nitrogen functional groups attached to an aromatic ring is 1. The third-order valence-electron chi connectivity index (χ3n) is 6.10. The predicted octanol–water partition coefficient (Wildman–Crippen LogP) is 3.52. The summed E-state index contributed by atoms with van der Waals surface area (Å²) in [6.45, 7) is 4.77. The van der Waals surface area contributed by atoms with Gasteiger partial charge in [0.15, 0.2) is 0 Å². The molecular weight excluding hydrogens is 466 g/mol. The number of hydrogen-bond donors (Lipinski definition) is 4. The van der Waals surface area contributed by atoms with Crippen molar-refractivity contribution in [1.82, 2.24) is 10.2 Å². The van der Waals surface area contributed by atoms with Gasteiger partial charge in [-0.25, -0.2) is 0 Å². The van der Waals surface area contributed by atoms with Crippen LogP contribution in [-0.4, -0.2) is 56.1 Å². The monoisotopic (exact) mass is 499 g/mol. The Labute approximate surface area is 217 Å². The quantitative estimate of drug-likeness (QED) is 0.251. The summed E-state index contributed by atoms with van der Waals surface area (Å²) in [4.78, 5) is 27.8. The van der Waals surface area contributed by atoms with Crippen molar-refractivity contribution in [2.45, 2.75) is 6.04 Å². The smallest absolute Gasteiger partial charge is 0.248 e. The van der Waals surface area contributed by atoms with E-state index in [1.54, 1.807) is 18.2 Å². The zero-order chi connectivity index (χ0) is 25.9. The molecule has 1 atom stereocenters. The molecule has 0 aliphatic carbocycles. The summed E-state index contributed by atoms with van der Waals surface area (Å²) in [6, 6.07) is 23.6. The first kappa shape index (κ1) is 26.1. The van der Waals surface area contributed by atoms with Crippen LogP contribution in [0.4, 0.5) is 17.1 Å². The lowest BCUT2D eigenvalue weighted by atomic mass is 10.0. The Morgan fingerprint density at radius 3 is 2.35 bits per heavy atom. The average molecular weight is 500 g/mol. The van der Waals surface area contributed by atoms with E-state index in [0.29, 0.717) is 17.9 Å². The third kappa shape index (κ3) is 8.01. The number of nitrogens with zero attached hydrogens (tertiary/aromatic N) is 1. The minimum atomic E-state index is -0.524. The maximum Gasteiger partial charge on any atom is 0.248 e. The van der Waals surface area contributed by atoms with E-state index in [1.807, 2.05) is 66.7 Å². The first-order chi connectivity index (χ1) is 18.1. The second-order valence-electron chi connectivity index (χ2n) is 8.77. The van der Waals surface area contributed by atoms with Crippen LogP contribution in [0.3, 0.4) is 0 Å². The number of hydrogen-bond acceptors (Lipinski definition) is 6. The van der Waals surface area contributed by atoms with Crippen LogP contribution in [0.2, 0.25) is 0 Å². The minimum absolute atomic E-state index is 0.128. The molecule has 0 radical (unpaired) electrons. The number of nitrogens with one attached hydrogen (secondary N) is 3. The molecule has 0 bridgehead atoms. The second-order valence-corrected chi connectivity index (χ2v) is 8.77. The number of anilines is 3. The van der Waals surface area contributed by atoms with Gasteiger partial charge in [-0.3, -0.25) is 14.5 Å². The molecule has 192 valence electrons. The fourth-order valence-corrected chi connectivity index (χ4v) is 4.05. The Bertz CT molecular complexity index is 1190. The Morgan fingerprint density at radius 1 is 0.919 bits per heavy atom. The number of carbonyl (C=O) groups excluding carboxylic acids is 2. The standard InChI is InChI=1S/C29H33N5O3/c30-25-8-4-5-9-26(25)33-27(35)15-12-22-10-13-23(14-11-22)28(29(36)32-24-6-2-1-3-7-24)31-16-17-34-18-20-37-21-19-34/h1-15,28,31H,16-21,30H2,(H,32,36)(H,33,35). The zero-order valence-corrected chi connectivity index (χ0v) is 20.7. The van der Waals surface area contributed by atoms with Gasteiger partial charge in [0.1, 0.15) is 6.04 Å². The predicted molar refractivity (Wildman–Crippen MR) is 148 cm³/mol. The lowest BCUT2D eigenvalue weighted by molar-refractivity contribution is -0.118. The first-order valence-electron chi connectivity index (χ1n) is 12.4. The summed E-state index contributed by atoms with van der Waals surface area (Å²) in [7, 11) is 0. The number of benzene rings is 3. The molecule has 1 aliphatic rings. The number of para-hydroxylation sites is 3. The molecule has 3 aromatic carbocycles. The van der Waals surface area contributed by atoms with Gasteiger partial charge in [-0.05, 0) is 41.5 Å². The molecule has 5 N–H and O–H groups in total. The molecule has 1 heterocycles. The van der Waals surface area contributed by atoms with Crippen molar-refractivity contribution in [3.63, 3.8) is 0 Å². The van der Waals surface area contributed by atoms with E-state index in [2.05, 4.69) is 20.9 Å². The van der Waals surface area contributed by atoms with Gasteiger partial charge in [0.25, 0.3) is 0 Å². The number of carbonyl (C=O) groups is 2. The molecule has 1 unspecified atom stereocenters. The Morgan fingerprint density at radius 2 is 1.62 bits per heavy atom. The maximum absolute atomic E-state index is 13.2. The van der Waals surface area contributed by atoms with Crippen molar-refractivity contribution >= 4 is 35.0 Å². The zero-order valence-electron chi connectivity index (χ0n) is 20.7. The molecule has 1 saturated heterocycles. The molecule has 4 rings (SSSR count). The van der Waals surface area contributed by atoms with Crippen LogP contribution < -0.4 is 21.7 Å². The molecule has 8 heteroatoms. The number of rotatable bonds is 10. The largest absolute Gasteiger partial charge is 0.397 e. The minimum Gasteiger partial charge on any atom is -0.397 e. The van der Waals surface area contributed by atoms with E-state index < -0.39 is 6.04 Å². The van der Waals surface area contributed by atoms with Gasteiger partial charge in [0.05, 0.1) is 24.6 Å². The van der Waals surface area contributed by atoms with Gasteiger partial charge in [-0.2, -0.15) is 0 Å². The van der Waals surface area contributed by atoms with E-state index in [4.69, 9.17) is 10.5 Å². The van der Waals surface area contributed by atoms with Gasteiger partial charge in [0, 0.05) is 37.9 Å². The van der Waals surface area contributed by atoms with Gasteiger partial charge < -0.3 is 26.4 Å². The van der Waals surface area contributed by atoms with E-state index in [-0.39, 0.29) is 11.8 Å². The van der Waals surface area contributed by atoms with E-state index >= 15 is 0 Å². The van der Waals surface area contributed by atoms with Crippen LogP contribution in [0.15, 0.2) is 84.9 Å². The van der Waals surface area contributed by atoms with Crippen molar-refractivity contribution in [2.24, 2.45) is 0 Å². The van der Waals surface area contributed by atoms with Crippen molar-refractivity contribution in [3.8, 4) is 0 Å². The fraction of sp³-hybridized carbons (Fsp3) is 0.241. The molecular formula is C29H33N5O3. The van der Waals surface area contributed by atoms with Crippen LogP contribution >= 0.6 is 0 Å². The van der Waals surface area contributed by atoms with E-state index in [9.17, 15) is 9.59 Å². The summed E-state index contributed by atoms with van der Waals surface area (Å²) >= 11 is 0. The molecule has 8 nitrogen and oxygen atoms in total. The van der Waals surface area contributed by atoms with Gasteiger partial charge in [0.2, 0.25) is 11.8 Å². The molecule has 0 saturated carbocycles. The highest BCUT2D eigenvalue weighted by Crippen LogP contribution is 2.19. The normalized spacial score (nSPS) is 14.8. The molecule has 1 aliphatic heterocycles. The van der Waals surface area contributed by atoms with Crippen molar-refractivity contribution < 1.29 is 14.3 Å². The topological polar surface area (TPSA) is 109 Å². The Balaban J connectivity index is 1.40. The Kier molecular flexibility index (Phi) is 9.42. The van der Waals surface area contributed by atoms with E-state index in [0.717, 1.165) is 49.7 Å². The summed E-state index contributed by atoms with van der Waals surface area (Å²) in [5, 5.41) is 9.19. The van der Waals surface area contributed by atoms with Crippen LogP contribution in [0, 0.1) is 0 Å².